The highest BCUT2D eigenvalue weighted by Gasteiger charge is 2.31. The second kappa shape index (κ2) is 7.17. The van der Waals surface area contributed by atoms with Crippen LogP contribution in [0.15, 0.2) is 0 Å². The molecule has 19 heavy (non-hydrogen) atoms. The molecule has 0 amide bonds. The summed E-state index contributed by atoms with van der Waals surface area (Å²) in [5, 5.41) is -0.437. The lowest BCUT2D eigenvalue weighted by molar-refractivity contribution is -0.196. The first kappa shape index (κ1) is 18.3. The minimum atomic E-state index is -1.23. The Kier molecular flexibility index (Phi) is 6.91. The Morgan fingerprint density at radius 2 is 1.63 bits per heavy atom. The van der Waals surface area contributed by atoms with Gasteiger partial charge in [0.15, 0.2) is 0 Å². The number of hydrogen-bond acceptors (Lipinski definition) is 5. The molecular weight excluding hydrogens is 264 g/mol. The highest BCUT2D eigenvalue weighted by Crippen LogP contribution is 2.28. The van der Waals surface area contributed by atoms with Crippen molar-refractivity contribution >= 4 is 23.0 Å². The topological polar surface area (TPSA) is 52.6 Å². The van der Waals surface area contributed by atoms with E-state index in [4.69, 9.17) is 9.47 Å². The van der Waals surface area contributed by atoms with E-state index in [9.17, 15) is 9.59 Å². The van der Waals surface area contributed by atoms with Gasteiger partial charge in [0.05, 0.1) is 5.92 Å². The molecule has 0 saturated heterocycles. The third-order valence-electron chi connectivity index (χ3n) is 2.19. The Morgan fingerprint density at radius 1 is 1.11 bits per heavy atom. The minimum absolute atomic E-state index is 0.182. The molecule has 0 radical (unpaired) electrons. The standard InChI is InChI=1S/C14H26O4S/c1-8-9-10(2)11(15)17-14(6,7)18-12(16)19-13(3,4)5/h10H,8-9H2,1-7H3. The Balaban J connectivity index is 4.39. The molecule has 0 saturated carbocycles. The number of carbonyl (C=O) groups excluding carboxylic acids is 2. The maximum atomic E-state index is 11.8. The van der Waals surface area contributed by atoms with Gasteiger partial charge < -0.3 is 9.47 Å². The average molecular weight is 290 g/mol. The summed E-state index contributed by atoms with van der Waals surface area (Å²) in [5.41, 5.74) is 0. The largest absolute Gasteiger partial charge is 0.423 e. The fourth-order valence-electron chi connectivity index (χ4n) is 1.39. The van der Waals surface area contributed by atoms with Crippen LogP contribution in [0.4, 0.5) is 4.79 Å². The highest BCUT2D eigenvalue weighted by atomic mass is 32.2. The van der Waals surface area contributed by atoms with E-state index in [2.05, 4.69) is 0 Å². The van der Waals surface area contributed by atoms with Crippen molar-refractivity contribution in [3.63, 3.8) is 0 Å². The molecule has 0 aliphatic heterocycles. The van der Waals surface area contributed by atoms with E-state index in [1.165, 1.54) is 0 Å². The Hall–Kier alpha value is -0.710. The molecule has 0 aromatic carbocycles. The number of thioether (sulfide) groups is 1. The minimum Gasteiger partial charge on any atom is -0.423 e. The lowest BCUT2D eigenvalue weighted by atomic mass is 10.1. The van der Waals surface area contributed by atoms with Crippen LogP contribution >= 0.6 is 11.8 Å². The maximum Gasteiger partial charge on any atom is 0.371 e. The summed E-state index contributed by atoms with van der Waals surface area (Å²) in [6, 6.07) is 0. The molecule has 0 spiro atoms. The predicted octanol–water partition coefficient (Wildman–Crippen LogP) is 4.37. The molecule has 0 aliphatic rings. The van der Waals surface area contributed by atoms with Crippen molar-refractivity contribution in [1.29, 1.82) is 0 Å². The van der Waals surface area contributed by atoms with Gasteiger partial charge in [-0.3, -0.25) is 4.79 Å². The summed E-state index contributed by atoms with van der Waals surface area (Å²) in [6.45, 7) is 12.7. The molecule has 112 valence electrons. The summed E-state index contributed by atoms with van der Waals surface area (Å²) < 4.78 is 10.2. The van der Waals surface area contributed by atoms with Gasteiger partial charge in [-0.2, -0.15) is 0 Å². The van der Waals surface area contributed by atoms with Gasteiger partial charge in [-0.05, 0) is 18.2 Å². The van der Waals surface area contributed by atoms with E-state index in [0.29, 0.717) is 0 Å². The van der Waals surface area contributed by atoms with Crippen molar-refractivity contribution in [2.24, 2.45) is 5.92 Å². The Labute approximate surface area is 120 Å². The molecule has 1 atom stereocenters. The van der Waals surface area contributed by atoms with Crippen molar-refractivity contribution in [3.05, 3.63) is 0 Å². The first-order valence-corrected chi connectivity index (χ1v) is 7.43. The molecule has 1 unspecified atom stereocenters. The van der Waals surface area contributed by atoms with Crippen molar-refractivity contribution < 1.29 is 19.1 Å². The third kappa shape index (κ3) is 8.92. The van der Waals surface area contributed by atoms with Crippen LogP contribution in [0.1, 0.15) is 61.3 Å². The van der Waals surface area contributed by atoms with Gasteiger partial charge in [-0.1, -0.05) is 41.0 Å². The molecule has 5 heteroatoms. The van der Waals surface area contributed by atoms with Gasteiger partial charge in [-0.25, -0.2) is 4.79 Å². The van der Waals surface area contributed by atoms with Crippen LogP contribution in [0, 0.1) is 5.92 Å². The molecule has 0 aromatic heterocycles. The molecule has 0 fully saturated rings. The molecule has 0 rings (SSSR count). The zero-order valence-corrected chi connectivity index (χ0v) is 13.8. The quantitative estimate of drug-likeness (QED) is 0.556. The summed E-state index contributed by atoms with van der Waals surface area (Å²) in [4.78, 5) is 23.5. The summed E-state index contributed by atoms with van der Waals surface area (Å²) in [5.74, 6) is -1.74. The number of carbonyl (C=O) groups is 2. The van der Waals surface area contributed by atoms with Crippen LogP contribution in [0.2, 0.25) is 0 Å². The molecule has 0 heterocycles. The summed E-state index contributed by atoms with van der Waals surface area (Å²) in [6.07, 6.45) is 1.68. The zero-order chi connectivity index (χ0) is 15.3. The predicted molar refractivity (Wildman–Crippen MR) is 78.1 cm³/mol. The van der Waals surface area contributed by atoms with Crippen LogP contribution in [0.25, 0.3) is 0 Å². The third-order valence-corrected chi connectivity index (χ3v) is 3.05. The van der Waals surface area contributed by atoms with Crippen LogP contribution in [0.5, 0.6) is 0 Å². The van der Waals surface area contributed by atoms with E-state index in [1.54, 1.807) is 13.8 Å². The number of rotatable bonds is 5. The monoisotopic (exact) mass is 290 g/mol. The van der Waals surface area contributed by atoms with Crippen molar-refractivity contribution in [2.75, 3.05) is 0 Å². The number of esters is 1. The Bertz CT molecular complexity index is 318. The highest BCUT2D eigenvalue weighted by molar-refractivity contribution is 8.14. The summed E-state index contributed by atoms with van der Waals surface area (Å²) >= 11 is 1.08. The zero-order valence-electron chi connectivity index (χ0n) is 13.0. The molecule has 0 aliphatic carbocycles. The van der Waals surface area contributed by atoms with Gasteiger partial charge in [0, 0.05) is 18.6 Å². The number of hydrogen-bond donors (Lipinski definition) is 0. The molecule has 4 nitrogen and oxygen atoms in total. The average Bonchev–Trinajstić information content (AvgIpc) is 2.12. The van der Waals surface area contributed by atoms with Crippen LogP contribution in [-0.2, 0) is 14.3 Å². The fourth-order valence-corrected chi connectivity index (χ4v) is 2.13. The van der Waals surface area contributed by atoms with Crippen molar-refractivity contribution in [1.82, 2.24) is 0 Å². The maximum absolute atomic E-state index is 11.8. The van der Waals surface area contributed by atoms with E-state index in [1.807, 2.05) is 34.6 Å². The second-order valence-corrected chi connectivity index (χ2v) is 7.84. The van der Waals surface area contributed by atoms with E-state index in [-0.39, 0.29) is 16.6 Å². The number of ether oxygens (including phenoxy) is 2. The van der Waals surface area contributed by atoms with Gasteiger partial charge >= 0.3 is 11.3 Å². The Morgan fingerprint density at radius 3 is 2.05 bits per heavy atom. The van der Waals surface area contributed by atoms with Gasteiger partial charge in [0.25, 0.3) is 5.79 Å². The lowest BCUT2D eigenvalue weighted by Crippen LogP contribution is -2.35. The van der Waals surface area contributed by atoms with Crippen molar-refractivity contribution in [2.45, 2.75) is 71.8 Å². The van der Waals surface area contributed by atoms with Crippen LogP contribution in [0.3, 0.4) is 0 Å². The summed E-state index contributed by atoms with van der Waals surface area (Å²) in [7, 11) is 0. The first-order chi connectivity index (χ1) is 8.47. The normalized spacial score (nSPS) is 13.8. The van der Waals surface area contributed by atoms with E-state index >= 15 is 0 Å². The molecule has 0 bridgehead atoms. The first-order valence-electron chi connectivity index (χ1n) is 6.61. The van der Waals surface area contributed by atoms with Crippen LogP contribution < -0.4 is 0 Å². The van der Waals surface area contributed by atoms with Gasteiger partial charge in [0.1, 0.15) is 0 Å². The SMILES string of the molecule is CCCC(C)C(=O)OC(C)(C)OC(=O)SC(C)(C)C. The smallest absolute Gasteiger partial charge is 0.371 e. The van der Waals surface area contributed by atoms with Gasteiger partial charge in [0.2, 0.25) is 0 Å². The lowest BCUT2D eigenvalue weighted by Gasteiger charge is -2.27. The van der Waals surface area contributed by atoms with Gasteiger partial charge in [-0.15, -0.1) is 0 Å². The van der Waals surface area contributed by atoms with Crippen LogP contribution in [-0.4, -0.2) is 21.8 Å². The molecular formula is C14H26O4S. The molecule has 0 N–H and O–H groups in total. The van der Waals surface area contributed by atoms with E-state index in [0.717, 1.165) is 24.6 Å². The second-order valence-electron chi connectivity index (χ2n) is 6.08. The fraction of sp³-hybridized carbons (Fsp3) is 0.857. The molecule has 0 aromatic rings. The van der Waals surface area contributed by atoms with E-state index < -0.39 is 11.1 Å². The van der Waals surface area contributed by atoms with Crippen molar-refractivity contribution in [3.8, 4) is 0 Å².